The quantitative estimate of drug-likeness (QED) is 0.169. The van der Waals surface area contributed by atoms with Crippen molar-refractivity contribution in [3.05, 3.63) is 181 Å². The number of para-hydroxylation sites is 2. The molecule has 238 valence electrons. The Bertz CT molecular complexity index is 3170. The topological polar surface area (TPSA) is 9.86 Å². The van der Waals surface area contributed by atoms with Gasteiger partial charge in [-0.05, 0) is 117 Å². The highest BCUT2D eigenvalue weighted by Gasteiger charge is 2.17. The second-order valence-electron chi connectivity index (χ2n) is 13.8. The summed E-state index contributed by atoms with van der Waals surface area (Å²) in [5, 5.41) is 12.8. The zero-order valence-corrected chi connectivity index (χ0v) is 28.1. The van der Waals surface area contributed by atoms with E-state index in [4.69, 9.17) is 0 Å². The second-order valence-corrected chi connectivity index (χ2v) is 13.8. The number of hydrogen-bond donors (Lipinski definition) is 0. The summed E-state index contributed by atoms with van der Waals surface area (Å²) in [6.07, 6.45) is 0. The molecule has 0 unspecified atom stereocenters. The molecule has 0 radical (unpaired) electrons. The van der Waals surface area contributed by atoms with E-state index in [-0.39, 0.29) is 0 Å². The zero-order valence-electron chi connectivity index (χ0n) is 28.1. The Morgan fingerprint density at radius 3 is 1.24 bits per heavy atom. The Kier molecular flexibility index (Phi) is 5.91. The lowest BCUT2D eigenvalue weighted by molar-refractivity contribution is 1.17. The maximum absolute atomic E-state index is 2.44. The van der Waals surface area contributed by atoms with Crippen LogP contribution in [0.1, 0.15) is 5.56 Å². The van der Waals surface area contributed by atoms with Gasteiger partial charge in [-0.3, -0.25) is 0 Å². The normalized spacial score (nSPS) is 12.0. The van der Waals surface area contributed by atoms with Gasteiger partial charge in [0.15, 0.2) is 0 Å². The van der Waals surface area contributed by atoms with Gasteiger partial charge in [-0.25, -0.2) is 0 Å². The number of rotatable bonds is 3. The molecule has 0 aliphatic rings. The van der Waals surface area contributed by atoms with Crippen molar-refractivity contribution >= 4 is 75.9 Å². The number of benzene rings is 9. The average molecular weight is 649 g/mol. The predicted octanol–water partition coefficient (Wildman–Crippen LogP) is 13.3. The van der Waals surface area contributed by atoms with Crippen LogP contribution >= 0.6 is 0 Å². The molecule has 0 atom stereocenters. The first-order valence-corrected chi connectivity index (χ1v) is 17.7. The molecular weight excluding hydrogens is 617 g/mol. The highest BCUT2D eigenvalue weighted by Crippen LogP contribution is 2.40. The third-order valence-corrected chi connectivity index (χ3v) is 10.9. The van der Waals surface area contributed by atoms with Crippen molar-refractivity contribution in [1.82, 2.24) is 9.13 Å². The van der Waals surface area contributed by atoms with E-state index in [1.54, 1.807) is 0 Å². The minimum absolute atomic E-state index is 1.17. The van der Waals surface area contributed by atoms with Crippen LogP contribution in [0.3, 0.4) is 0 Å². The number of aryl methyl sites for hydroxylation is 1. The van der Waals surface area contributed by atoms with Crippen LogP contribution in [0.4, 0.5) is 0 Å². The van der Waals surface area contributed by atoms with Crippen molar-refractivity contribution < 1.29 is 0 Å². The van der Waals surface area contributed by atoms with E-state index < -0.39 is 0 Å². The van der Waals surface area contributed by atoms with Gasteiger partial charge >= 0.3 is 0 Å². The van der Waals surface area contributed by atoms with Crippen molar-refractivity contribution in [2.24, 2.45) is 0 Å². The van der Waals surface area contributed by atoms with Crippen LogP contribution in [-0.4, -0.2) is 9.13 Å². The summed E-state index contributed by atoms with van der Waals surface area (Å²) in [5.74, 6) is 0. The zero-order chi connectivity index (χ0) is 33.6. The largest absolute Gasteiger partial charge is 0.309 e. The van der Waals surface area contributed by atoms with Crippen molar-refractivity contribution in [3.63, 3.8) is 0 Å². The first-order chi connectivity index (χ1) is 25.2. The molecule has 2 heterocycles. The minimum Gasteiger partial charge on any atom is -0.309 e. The first-order valence-electron chi connectivity index (χ1n) is 17.7. The van der Waals surface area contributed by atoms with E-state index in [0.29, 0.717) is 0 Å². The summed E-state index contributed by atoms with van der Waals surface area (Å²) in [4.78, 5) is 0. The maximum Gasteiger partial charge on any atom is 0.0541 e. The fourth-order valence-electron chi connectivity index (χ4n) is 8.66. The molecule has 0 amide bonds. The molecule has 9 aromatic carbocycles. The summed E-state index contributed by atoms with van der Waals surface area (Å²) < 4.78 is 4.84. The molecule has 0 saturated carbocycles. The van der Waals surface area contributed by atoms with Crippen molar-refractivity contribution in [1.29, 1.82) is 0 Å². The number of hydrogen-bond acceptors (Lipinski definition) is 0. The standard InChI is InChI=1S/C49H32N2/c1-31-11-10-12-34(27-31)50-46-19-8-6-17-41(46)44-28-32(21-25-48(44)50)33-22-26-49-45(29-33)42-18-7-9-20-47(42)51(49)35-23-24-40-38-15-3-2-13-36(38)37-14-4-5-16-39(37)43(40)30-35/h2-30H,1H3. The lowest BCUT2D eigenvalue weighted by Crippen LogP contribution is -1.94. The molecule has 0 bridgehead atoms. The van der Waals surface area contributed by atoms with E-state index in [1.165, 1.54) is 104 Å². The van der Waals surface area contributed by atoms with Crippen LogP contribution in [0, 0.1) is 6.92 Å². The van der Waals surface area contributed by atoms with Crippen molar-refractivity contribution in [2.75, 3.05) is 0 Å². The summed E-state index contributed by atoms with van der Waals surface area (Å²) in [5.41, 5.74) is 10.9. The molecule has 0 N–H and O–H groups in total. The van der Waals surface area contributed by atoms with Crippen molar-refractivity contribution in [2.45, 2.75) is 6.92 Å². The molecular formula is C49H32N2. The summed E-state index contributed by atoms with van der Waals surface area (Å²) >= 11 is 0. The lowest BCUT2D eigenvalue weighted by atomic mass is 9.94. The molecule has 2 heteroatoms. The highest BCUT2D eigenvalue weighted by atomic mass is 15.0. The van der Waals surface area contributed by atoms with Crippen LogP contribution in [0.5, 0.6) is 0 Å². The molecule has 11 rings (SSSR count). The van der Waals surface area contributed by atoms with E-state index in [1.807, 2.05) is 0 Å². The molecule has 0 fully saturated rings. The summed E-state index contributed by atoms with van der Waals surface area (Å²) in [6.45, 7) is 2.16. The number of fused-ring (bicyclic) bond motifs is 12. The molecule has 0 aliphatic carbocycles. The SMILES string of the molecule is Cc1cccc(-n2c3ccccc3c3cc(-c4ccc5c(c4)c4ccccc4n5-c4ccc5c6ccccc6c6ccccc6c5c4)ccc32)c1. The van der Waals surface area contributed by atoms with Crippen LogP contribution in [0.15, 0.2) is 176 Å². The molecule has 11 aromatic rings. The van der Waals surface area contributed by atoms with E-state index in [9.17, 15) is 0 Å². The third-order valence-electron chi connectivity index (χ3n) is 10.9. The van der Waals surface area contributed by atoms with Gasteiger partial charge in [0.2, 0.25) is 0 Å². The Hall–Kier alpha value is -6.64. The fourth-order valence-corrected chi connectivity index (χ4v) is 8.66. The Morgan fingerprint density at radius 1 is 0.275 bits per heavy atom. The Labute approximate surface area is 295 Å². The van der Waals surface area contributed by atoms with Gasteiger partial charge in [0.1, 0.15) is 0 Å². The first kappa shape index (κ1) is 28.2. The smallest absolute Gasteiger partial charge is 0.0541 e. The molecule has 0 saturated heterocycles. The van der Waals surface area contributed by atoms with Crippen LogP contribution in [0.25, 0.3) is 98.4 Å². The van der Waals surface area contributed by atoms with Gasteiger partial charge in [-0.1, -0.05) is 115 Å². The Balaban J connectivity index is 1.12. The fraction of sp³-hybridized carbons (Fsp3) is 0.0204. The van der Waals surface area contributed by atoms with Gasteiger partial charge in [0.05, 0.1) is 22.1 Å². The Morgan fingerprint density at radius 2 is 0.706 bits per heavy atom. The van der Waals surface area contributed by atoms with Crippen LogP contribution in [0.2, 0.25) is 0 Å². The molecule has 0 aliphatic heterocycles. The van der Waals surface area contributed by atoms with Gasteiger partial charge in [-0.2, -0.15) is 0 Å². The minimum atomic E-state index is 1.17. The molecule has 2 aromatic heterocycles. The molecule has 2 nitrogen and oxygen atoms in total. The predicted molar refractivity (Wildman–Crippen MR) is 218 cm³/mol. The lowest BCUT2D eigenvalue weighted by Gasteiger charge is -2.14. The van der Waals surface area contributed by atoms with Gasteiger partial charge in [-0.15, -0.1) is 0 Å². The maximum atomic E-state index is 2.44. The van der Waals surface area contributed by atoms with Crippen LogP contribution in [-0.2, 0) is 0 Å². The number of aromatic nitrogens is 2. The van der Waals surface area contributed by atoms with Gasteiger partial charge in [0.25, 0.3) is 0 Å². The van der Waals surface area contributed by atoms with Crippen LogP contribution < -0.4 is 0 Å². The third kappa shape index (κ3) is 4.11. The summed E-state index contributed by atoms with van der Waals surface area (Å²) in [6, 6.07) is 64.9. The molecule has 0 spiro atoms. The van der Waals surface area contributed by atoms with E-state index >= 15 is 0 Å². The van der Waals surface area contributed by atoms with E-state index in [2.05, 4.69) is 192 Å². The molecule has 51 heavy (non-hydrogen) atoms. The number of nitrogens with zero attached hydrogens (tertiary/aromatic N) is 2. The van der Waals surface area contributed by atoms with Gasteiger partial charge < -0.3 is 9.13 Å². The second kappa shape index (κ2) is 10.7. The monoisotopic (exact) mass is 648 g/mol. The van der Waals surface area contributed by atoms with Gasteiger partial charge in [0, 0.05) is 32.9 Å². The highest BCUT2D eigenvalue weighted by molar-refractivity contribution is 6.25. The van der Waals surface area contributed by atoms with Crippen molar-refractivity contribution in [3.8, 4) is 22.5 Å². The summed E-state index contributed by atoms with van der Waals surface area (Å²) in [7, 11) is 0. The average Bonchev–Trinajstić information content (AvgIpc) is 3.70. The van der Waals surface area contributed by atoms with E-state index in [0.717, 1.165) is 0 Å².